The Morgan fingerprint density at radius 2 is 1.81 bits per heavy atom. The number of carbonyl (C=O) groups excluding carboxylic acids is 1. The van der Waals surface area contributed by atoms with Crippen LogP contribution in [0.4, 0.5) is 10.5 Å². The first-order chi connectivity index (χ1) is 13.1. The minimum Gasteiger partial charge on any atom is -0.324 e. The van der Waals surface area contributed by atoms with Crippen LogP contribution in [0.3, 0.4) is 0 Å². The van der Waals surface area contributed by atoms with E-state index < -0.39 is 0 Å². The summed E-state index contributed by atoms with van der Waals surface area (Å²) in [4.78, 5) is 16.5. The SMILES string of the molecule is CN(C)Cc1nnc(C2CCN(C(=O)Nc3ccccc3)CC2)n1C1CC1. The second-order valence-corrected chi connectivity index (χ2v) is 7.87. The zero-order valence-electron chi connectivity index (χ0n) is 16.1. The van der Waals surface area contributed by atoms with E-state index in [1.165, 1.54) is 12.8 Å². The van der Waals surface area contributed by atoms with Gasteiger partial charge in [0, 0.05) is 30.7 Å². The summed E-state index contributed by atoms with van der Waals surface area (Å²) in [6.45, 7) is 2.33. The van der Waals surface area contributed by atoms with Gasteiger partial charge in [0.05, 0.1) is 6.54 Å². The van der Waals surface area contributed by atoms with Crippen molar-refractivity contribution in [1.82, 2.24) is 24.6 Å². The van der Waals surface area contributed by atoms with Crippen LogP contribution in [-0.2, 0) is 6.54 Å². The number of urea groups is 1. The minimum atomic E-state index is -0.0170. The van der Waals surface area contributed by atoms with Crippen molar-refractivity contribution < 1.29 is 4.79 Å². The molecule has 2 amide bonds. The minimum absolute atomic E-state index is 0.0170. The molecule has 1 saturated heterocycles. The Kier molecular flexibility index (Phi) is 5.11. The van der Waals surface area contributed by atoms with Gasteiger partial charge in [0.15, 0.2) is 0 Å². The van der Waals surface area contributed by atoms with Crippen molar-refractivity contribution in [2.75, 3.05) is 32.5 Å². The van der Waals surface area contributed by atoms with Gasteiger partial charge in [0.1, 0.15) is 11.6 Å². The van der Waals surface area contributed by atoms with Gasteiger partial charge in [-0.2, -0.15) is 0 Å². The Morgan fingerprint density at radius 3 is 2.44 bits per heavy atom. The van der Waals surface area contributed by atoms with Gasteiger partial charge in [0.25, 0.3) is 0 Å². The van der Waals surface area contributed by atoms with Crippen molar-refractivity contribution in [2.24, 2.45) is 0 Å². The summed E-state index contributed by atoms with van der Waals surface area (Å²) in [5, 5.41) is 12.0. The van der Waals surface area contributed by atoms with Crippen molar-refractivity contribution in [1.29, 1.82) is 0 Å². The average molecular weight is 368 g/mol. The molecule has 1 aromatic carbocycles. The smallest absolute Gasteiger partial charge is 0.321 e. The number of nitrogens with one attached hydrogen (secondary N) is 1. The first-order valence-electron chi connectivity index (χ1n) is 9.81. The normalized spacial score (nSPS) is 18.1. The van der Waals surface area contributed by atoms with Gasteiger partial charge in [0.2, 0.25) is 0 Å². The highest BCUT2D eigenvalue weighted by Gasteiger charge is 2.34. The van der Waals surface area contributed by atoms with Crippen LogP contribution in [0.1, 0.15) is 49.3 Å². The largest absolute Gasteiger partial charge is 0.324 e. The van der Waals surface area contributed by atoms with Gasteiger partial charge in [-0.15, -0.1) is 10.2 Å². The lowest BCUT2D eigenvalue weighted by Gasteiger charge is -2.32. The molecule has 27 heavy (non-hydrogen) atoms. The highest BCUT2D eigenvalue weighted by atomic mass is 16.2. The maximum atomic E-state index is 12.5. The molecule has 1 aromatic heterocycles. The summed E-state index contributed by atoms with van der Waals surface area (Å²) in [7, 11) is 4.13. The van der Waals surface area contributed by atoms with Crippen molar-refractivity contribution in [3.8, 4) is 0 Å². The first-order valence-corrected chi connectivity index (χ1v) is 9.81. The molecule has 0 spiro atoms. The van der Waals surface area contributed by atoms with Crippen molar-refractivity contribution >= 4 is 11.7 Å². The lowest BCUT2D eigenvalue weighted by Crippen LogP contribution is -2.41. The van der Waals surface area contributed by atoms with E-state index in [-0.39, 0.29) is 6.03 Å². The highest BCUT2D eigenvalue weighted by molar-refractivity contribution is 5.89. The van der Waals surface area contributed by atoms with Crippen LogP contribution >= 0.6 is 0 Å². The van der Waals surface area contributed by atoms with Gasteiger partial charge < -0.3 is 19.7 Å². The predicted octanol–water partition coefficient (Wildman–Crippen LogP) is 3.09. The number of benzene rings is 1. The van der Waals surface area contributed by atoms with Crippen molar-refractivity contribution in [2.45, 2.75) is 44.2 Å². The van der Waals surface area contributed by atoms with Gasteiger partial charge in [-0.05, 0) is 51.9 Å². The maximum absolute atomic E-state index is 12.5. The van der Waals surface area contributed by atoms with Gasteiger partial charge in [-0.25, -0.2) is 4.79 Å². The topological polar surface area (TPSA) is 66.3 Å². The van der Waals surface area contributed by atoms with Crippen LogP contribution in [0.15, 0.2) is 30.3 Å². The fourth-order valence-corrected chi connectivity index (χ4v) is 3.80. The molecular formula is C20H28N6O. The molecule has 0 radical (unpaired) electrons. The van der Waals surface area contributed by atoms with Crippen LogP contribution < -0.4 is 5.32 Å². The Hall–Kier alpha value is -2.41. The molecule has 7 nitrogen and oxygen atoms in total. The van der Waals surface area contributed by atoms with Crippen LogP contribution in [0, 0.1) is 0 Å². The van der Waals surface area contributed by atoms with E-state index in [0.29, 0.717) is 12.0 Å². The molecule has 4 rings (SSSR count). The zero-order chi connectivity index (χ0) is 18.8. The number of hydrogen-bond donors (Lipinski definition) is 1. The molecular weight excluding hydrogens is 340 g/mol. The third kappa shape index (κ3) is 4.13. The van der Waals surface area contributed by atoms with Gasteiger partial charge in [-0.3, -0.25) is 0 Å². The summed E-state index contributed by atoms with van der Waals surface area (Å²) >= 11 is 0. The zero-order valence-corrected chi connectivity index (χ0v) is 16.1. The Labute approximate surface area is 160 Å². The lowest BCUT2D eigenvalue weighted by molar-refractivity contribution is 0.192. The van der Waals surface area contributed by atoms with Crippen LogP contribution in [-0.4, -0.2) is 57.8 Å². The number of piperidine rings is 1. The van der Waals surface area contributed by atoms with Gasteiger partial charge in [-0.1, -0.05) is 18.2 Å². The molecule has 144 valence electrons. The number of anilines is 1. The average Bonchev–Trinajstić information content (AvgIpc) is 3.43. The number of likely N-dealkylation sites (tertiary alicyclic amines) is 1. The standard InChI is InChI=1S/C20H28N6O/c1-24(2)14-18-22-23-19(26(18)17-8-9-17)15-10-12-25(13-11-15)20(27)21-16-6-4-3-5-7-16/h3-7,15,17H,8-14H2,1-2H3,(H,21,27). The summed E-state index contributed by atoms with van der Waals surface area (Å²) < 4.78 is 2.38. The molecule has 1 saturated carbocycles. The lowest BCUT2D eigenvalue weighted by atomic mass is 9.96. The van der Waals surface area contributed by atoms with E-state index in [1.54, 1.807) is 0 Å². The van der Waals surface area contributed by atoms with Gasteiger partial charge >= 0.3 is 6.03 Å². The molecule has 1 aliphatic heterocycles. The molecule has 7 heteroatoms. The quantitative estimate of drug-likeness (QED) is 0.881. The van der Waals surface area contributed by atoms with E-state index in [1.807, 2.05) is 35.2 Å². The van der Waals surface area contributed by atoms with Crippen molar-refractivity contribution in [3.63, 3.8) is 0 Å². The van der Waals surface area contributed by atoms with E-state index >= 15 is 0 Å². The van der Waals surface area contributed by atoms with E-state index in [9.17, 15) is 4.79 Å². The van der Waals surface area contributed by atoms with Crippen LogP contribution in [0.5, 0.6) is 0 Å². The molecule has 2 aromatic rings. The van der Waals surface area contributed by atoms with E-state index in [2.05, 4.69) is 39.1 Å². The summed E-state index contributed by atoms with van der Waals surface area (Å²) in [6, 6.07) is 10.2. The fraction of sp³-hybridized carbons (Fsp3) is 0.550. The van der Waals surface area contributed by atoms with Crippen LogP contribution in [0.25, 0.3) is 0 Å². The highest BCUT2D eigenvalue weighted by Crippen LogP contribution is 2.40. The molecule has 0 bridgehead atoms. The molecule has 2 aliphatic rings. The Morgan fingerprint density at radius 1 is 1.11 bits per heavy atom. The van der Waals surface area contributed by atoms with E-state index in [0.717, 1.165) is 49.8 Å². The molecule has 0 atom stereocenters. The summed E-state index contributed by atoms with van der Waals surface area (Å²) in [5.74, 6) is 2.58. The molecule has 1 aliphatic carbocycles. The maximum Gasteiger partial charge on any atom is 0.321 e. The predicted molar refractivity (Wildman–Crippen MR) is 105 cm³/mol. The number of hydrogen-bond acceptors (Lipinski definition) is 4. The number of carbonyl (C=O) groups is 1. The molecule has 2 heterocycles. The third-order valence-electron chi connectivity index (χ3n) is 5.33. The number of para-hydroxylation sites is 1. The molecule has 0 unspecified atom stereocenters. The Bertz CT molecular complexity index is 775. The third-order valence-corrected chi connectivity index (χ3v) is 5.33. The fourth-order valence-electron chi connectivity index (χ4n) is 3.80. The summed E-state index contributed by atoms with van der Waals surface area (Å²) in [6.07, 6.45) is 4.33. The Balaban J connectivity index is 1.39. The monoisotopic (exact) mass is 368 g/mol. The van der Waals surface area contributed by atoms with Crippen molar-refractivity contribution in [3.05, 3.63) is 42.0 Å². The number of rotatable bonds is 5. The molecule has 1 N–H and O–H groups in total. The second-order valence-electron chi connectivity index (χ2n) is 7.87. The number of nitrogens with zero attached hydrogens (tertiary/aromatic N) is 5. The van der Waals surface area contributed by atoms with E-state index in [4.69, 9.17) is 0 Å². The summed E-state index contributed by atoms with van der Waals surface area (Å²) in [5.41, 5.74) is 0.839. The van der Waals surface area contributed by atoms with Crippen LogP contribution in [0.2, 0.25) is 0 Å². The second kappa shape index (κ2) is 7.68. The molecule has 2 fully saturated rings. The number of amides is 2. The number of aromatic nitrogens is 3. The first kappa shape index (κ1) is 18.0.